The first-order valence-electron chi connectivity index (χ1n) is 7.43. The number of nitrogens with two attached hydrogens (primary N) is 1. The number of nitrogens with one attached hydrogen (secondary N) is 1. The van der Waals surface area contributed by atoms with Crippen LogP contribution in [0.5, 0.6) is 0 Å². The van der Waals surface area contributed by atoms with E-state index in [0.717, 1.165) is 11.6 Å². The first-order chi connectivity index (χ1) is 12.0. The third kappa shape index (κ3) is 3.89. The SMILES string of the molecule is NC(=O)c1ccc(NC(=O)Cc2cc(-c3ccccc3)on2)cc1F. The second-order valence-electron chi connectivity index (χ2n) is 5.33. The van der Waals surface area contributed by atoms with Gasteiger partial charge in [-0.2, -0.15) is 0 Å². The molecule has 0 aliphatic rings. The Hall–Kier alpha value is -3.48. The number of hydrogen-bond donors (Lipinski definition) is 2. The molecule has 1 aromatic heterocycles. The van der Waals surface area contributed by atoms with E-state index in [1.54, 1.807) is 6.07 Å². The zero-order chi connectivity index (χ0) is 17.8. The van der Waals surface area contributed by atoms with Gasteiger partial charge in [-0.1, -0.05) is 35.5 Å². The second kappa shape index (κ2) is 6.96. The van der Waals surface area contributed by atoms with Gasteiger partial charge in [0, 0.05) is 17.3 Å². The van der Waals surface area contributed by atoms with Gasteiger partial charge in [-0.3, -0.25) is 9.59 Å². The molecule has 2 aromatic carbocycles. The predicted molar refractivity (Wildman–Crippen MR) is 89.2 cm³/mol. The van der Waals surface area contributed by atoms with Crippen LogP contribution in [0.25, 0.3) is 11.3 Å². The maximum absolute atomic E-state index is 13.7. The number of nitrogens with zero attached hydrogens (tertiary/aromatic N) is 1. The van der Waals surface area contributed by atoms with E-state index < -0.39 is 11.7 Å². The summed E-state index contributed by atoms with van der Waals surface area (Å²) in [5.41, 5.74) is 6.32. The van der Waals surface area contributed by atoms with Crippen molar-refractivity contribution in [3.8, 4) is 11.3 Å². The van der Waals surface area contributed by atoms with E-state index in [-0.39, 0.29) is 23.6 Å². The van der Waals surface area contributed by atoms with Crippen molar-refractivity contribution >= 4 is 17.5 Å². The second-order valence-corrected chi connectivity index (χ2v) is 5.33. The van der Waals surface area contributed by atoms with Gasteiger partial charge in [0.25, 0.3) is 5.91 Å². The maximum atomic E-state index is 13.7. The molecule has 7 heteroatoms. The molecule has 0 atom stereocenters. The topological polar surface area (TPSA) is 98.2 Å². The van der Waals surface area contributed by atoms with E-state index in [4.69, 9.17) is 10.3 Å². The number of hydrogen-bond acceptors (Lipinski definition) is 4. The third-order valence-electron chi connectivity index (χ3n) is 3.48. The number of aromatic nitrogens is 1. The van der Waals surface area contributed by atoms with Crippen LogP contribution in [0.15, 0.2) is 59.1 Å². The molecule has 6 nitrogen and oxygen atoms in total. The van der Waals surface area contributed by atoms with Gasteiger partial charge in [0.15, 0.2) is 5.76 Å². The Balaban J connectivity index is 1.66. The fourth-order valence-corrected chi connectivity index (χ4v) is 2.30. The average Bonchev–Trinajstić information content (AvgIpc) is 3.03. The van der Waals surface area contributed by atoms with Gasteiger partial charge < -0.3 is 15.6 Å². The summed E-state index contributed by atoms with van der Waals surface area (Å²) in [6.07, 6.45) is -0.0322. The van der Waals surface area contributed by atoms with Gasteiger partial charge in [-0.05, 0) is 18.2 Å². The van der Waals surface area contributed by atoms with Crippen LogP contribution < -0.4 is 11.1 Å². The Morgan fingerprint density at radius 3 is 2.56 bits per heavy atom. The maximum Gasteiger partial charge on any atom is 0.251 e. The molecule has 1 heterocycles. The summed E-state index contributed by atoms with van der Waals surface area (Å²) in [5, 5.41) is 6.39. The number of rotatable bonds is 5. The first kappa shape index (κ1) is 16.4. The van der Waals surface area contributed by atoms with Crippen molar-refractivity contribution in [2.24, 2.45) is 5.73 Å². The van der Waals surface area contributed by atoms with Gasteiger partial charge in [0.05, 0.1) is 17.7 Å². The summed E-state index contributed by atoms with van der Waals surface area (Å²) in [4.78, 5) is 23.0. The molecule has 0 saturated carbocycles. The van der Waals surface area contributed by atoms with E-state index in [2.05, 4.69) is 10.5 Å². The minimum Gasteiger partial charge on any atom is -0.366 e. The van der Waals surface area contributed by atoms with Gasteiger partial charge in [0.1, 0.15) is 5.82 Å². The zero-order valence-corrected chi connectivity index (χ0v) is 13.0. The van der Waals surface area contributed by atoms with Crippen LogP contribution in [-0.4, -0.2) is 17.0 Å². The van der Waals surface area contributed by atoms with Gasteiger partial charge in [0.2, 0.25) is 5.91 Å². The minimum atomic E-state index is -0.869. The van der Waals surface area contributed by atoms with Crippen molar-refractivity contribution < 1.29 is 18.5 Å². The summed E-state index contributed by atoms with van der Waals surface area (Å²) < 4.78 is 18.9. The van der Waals surface area contributed by atoms with Gasteiger partial charge in [-0.25, -0.2) is 4.39 Å². The summed E-state index contributed by atoms with van der Waals surface area (Å²) >= 11 is 0. The molecule has 3 N–H and O–H groups in total. The minimum absolute atomic E-state index is 0.0322. The van der Waals surface area contributed by atoms with Crippen molar-refractivity contribution in [1.82, 2.24) is 5.16 Å². The lowest BCUT2D eigenvalue weighted by Gasteiger charge is -2.05. The van der Waals surface area contributed by atoms with E-state index in [0.29, 0.717) is 11.5 Å². The van der Waals surface area contributed by atoms with Gasteiger partial charge >= 0.3 is 0 Å². The van der Waals surface area contributed by atoms with E-state index in [1.165, 1.54) is 12.1 Å². The Bertz CT molecular complexity index is 922. The standard InChI is InChI=1S/C18H14FN3O3/c19-15-8-12(6-7-14(15)18(20)24)21-17(23)10-13-9-16(25-22-13)11-4-2-1-3-5-11/h1-9H,10H2,(H2,20,24)(H,21,23). The van der Waals surface area contributed by atoms with Crippen LogP contribution in [0.2, 0.25) is 0 Å². The molecular formula is C18H14FN3O3. The Labute approximate surface area is 142 Å². The van der Waals surface area contributed by atoms with Crippen LogP contribution in [0, 0.1) is 5.82 Å². The van der Waals surface area contributed by atoms with Crippen LogP contribution in [0.4, 0.5) is 10.1 Å². The van der Waals surface area contributed by atoms with E-state index in [9.17, 15) is 14.0 Å². The molecule has 3 rings (SSSR count). The number of benzene rings is 2. The smallest absolute Gasteiger partial charge is 0.251 e. The molecule has 0 radical (unpaired) electrons. The van der Waals surface area contributed by atoms with Gasteiger partial charge in [-0.15, -0.1) is 0 Å². The average molecular weight is 339 g/mol. The van der Waals surface area contributed by atoms with E-state index >= 15 is 0 Å². The molecule has 0 unspecified atom stereocenters. The van der Waals surface area contributed by atoms with Crippen molar-refractivity contribution in [2.45, 2.75) is 6.42 Å². The number of carbonyl (C=O) groups excluding carboxylic acids is 2. The molecule has 0 aliphatic heterocycles. The van der Waals surface area contributed by atoms with Crippen molar-refractivity contribution in [3.05, 3.63) is 71.7 Å². The fraction of sp³-hybridized carbons (Fsp3) is 0.0556. The number of halogens is 1. The summed E-state index contributed by atoms with van der Waals surface area (Å²) in [6, 6.07) is 14.7. The normalized spacial score (nSPS) is 10.4. The molecule has 0 spiro atoms. The highest BCUT2D eigenvalue weighted by Gasteiger charge is 2.13. The quantitative estimate of drug-likeness (QED) is 0.747. The summed E-state index contributed by atoms with van der Waals surface area (Å²) in [6.45, 7) is 0. The van der Waals surface area contributed by atoms with E-state index in [1.807, 2.05) is 30.3 Å². The number of carbonyl (C=O) groups is 2. The zero-order valence-electron chi connectivity index (χ0n) is 13.0. The summed E-state index contributed by atoms with van der Waals surface area (Å²) in [5.74, 6) is -1.50. The lowest BCUT2D eigenvalue weighted by molar-refractivity contribution is -0.115. The molecule has 0 saturated heterocycles. The van der Waals surface area contributed by atoms with Crippen molar-refractivity contribution in [1.29, 1.82) is 0 Å². The highest BCUT2D eigenvalue weighted by molar-refractivity contribution is 5.95. The van der Waals surface area contributed by atoms with Crippen LogP contribution in [0.1, 0.15) is 16.1 Å². The molecule has 3 aromatic rings. The molecule has 0 fully saturated rings. The number of amides is 2. The highest BCUT2D eigenvalue weighted by atomic mass is 19.1. The molecule has 0 aliphatic carbocycles. The number of primary amides is 1. The highest BCUT2D eigenvalue weighted by Crippen LogP contribution is 2.20. The largest absolute Gasteiger partial charge is 0.366 e. The summed E-state index contributed by atoms with van der Waals surface area (Å²) in [7, 11) is 0. The third-order valence-corrected chi connectivity index (χ3v) is 3.48. The first-order valence-corrected chi connectivity index (χ1v) is 7.43. The van der Waals surface area contributed by atoms with Crippen LogP contribution in [0.3, 0.4) is 0 Å². The molecule has 0 bridgehead atoms. The van der Waals surface area contributed by atoms with Crippen molar-refractivity contribution in [2.75, 3.05) is 5.32 Å². The fourth-order valence-electron chi connectivity index (χ4n) is 2.30. The number of anilines is 1. The predicted octanol–water partition coefficient (Wildman–Crippen LogP) is 2.76. The monoisotopic (exact) mass is 339 g/mol. The molecule has 2 amide bonds. The Kier molecular flexibility index (Phi) is 4.56. The molecule has 126 valence electrons. The Morgan fingerprint density at radius 1 is 1.12 bits per heavy atom. The lowest BCUT2D eigenvalue weighted by atomic mass is 10.1. The van der Waals surface area contributed by atoms with Crippen molar-refractivity contribution in [3.63, 3.8) is 0 Å². The lowest BCUT2D eigenvalue weighted by Crippen LogP contribution is -2.16. The molecular weight excluding hydrogens is 325 g/mol. The molecule has 25 heavy (non-hydrogen) atoms. The Morgan fingerprint density at radius 2 is 1.88 bits per heavy atom. The van der Waals surface area contributed by atoms with Crippen LogP contribution in [-0.2, 0) is 11.2 Å². The van der Waals surface area contributed by atoms with Crippen LogP contribution >= 0.6 is 0 Å².